The Morgan fingerprint density at radius 1 is 1.04 bits per heavy atom. The second-order valence-corrected chi connectivity index (χ2v) is 7.69. The van der Waals surface area contributed by atoms with Gasteiger partial charge in [-0.05, 0) is 73.3 Å². The molecule has 1 heterocycles. The highest BCUT2D eigenvalue weighted by molar-refractivity contribution is 6.13. The van der Waals surface area contributed by atoms with Crippen molar-refractivity contribution in [2.24, 2.45) is 5.92 Å². The van der Waals surface area contributed by atoms with E-state index < -0.39 is 0 Å². The molecule has 0 saturated carbocycles. The second kappa shape index (κ2) is 8.19. The van der Waals surface area contributed by atoms with Gasteiger partial charge < -0.3 is 9.47 Å². The summed E-state index contributed by atoms with van der Waals surface area (Å²) in [6.45, 7) is 3.06. The number of hydrogen-bond donors (Lipinski definition) is 0. The fourth-order valence-corrected chi connectivity index (χ4v) is 4.25. The number of ketones is 1. The molecule has 0 spiro atoms. The molecule has 1 saturated heterocycles. The van der Waals surface area contributed by atoms with E-state index in [0.717, 1.165) is 67.1 Å². The molecular weight excluding hydrogens is 350 g/mol. The summed E-state index contributed by atoms with van der Waals surface area (Å²) in [5.41, 5.74) is 4.16. The van der Waals surface area contributed by atoms with Gasteiger partial charge in [0.2, 0.25) is 0 Å². The van der Waals surface area contributed by atoms with Gasteiger partial charge in [0.25, 0.3) is 0 Å². The molecule has 2 aromatic rings. The van der Waals surface area contributed by atoms with Crippen LogP contribution in [0.4, 0.5) is 0 Å². The number of methoxy groups -OCH3 is 2. The monoisotopic (exact) mass is 377 g/mol. The van der Waals surface area contributed by atoms with Gasteiger partial charge in [-0.3, -0.25) is 9.69 Å². The van der Waals surface area contributed by atoms with E-state index in [2.05, 4.69) is 23.1 Å². The minimum atomic E-state index is 0.191. The zero-order chi connectivity index (χ0) is 19.5. The molecule has 1 fully saturated rings. The van der Waals surface area contributed by atoms with Crippen molar-refractivity contribution < 1.29 is 14.3 Å². The first-order valence-corrected chi connectivity index (χ1v) is 9.94. The van der Waals surface area contributed by atoms with Gasteiger partial charge in [0.1, 0.15) is 11.5 Å². The van der Waals surface area contributed by atoms with Crippen molar-refractivity contribution in [3.63, 3.8) is 0 Å². The average Bonchev–Trinajstić information content (AvgIpc) is 3.04. The van der Waals surface area contributed by atoms with Gasteiger partial charge in [-0.1, -0.05) is 18.2 Å². The number of rotatable bonds is 5. The average molecular weight is 377 g/mol. The van der Waals surface area contributed by atoms with Crippen LogP contribution in [0, 0.1) is 5.92 Å². The van der Waals surface area contributed by atoms with Crippen LogP contribution < -0.4 is 9.47 Å². The number of nitrogens with zero attached hydrogens (tertiary/aromatic N) is 1. The summed E-state index contributed by atoms with van der Waals surface area (Å²) in [6.07, 6.45) is 5.16. The maximum atomic E-state index is 12.7. The van der Waals surface area contributed by atoms with Crippen LogP contribution in [-0.4, -0.2) is 38.0 Å². The van der Waals surface area contributed by atoms with Gasteiger partial charge in [-0.25, -0.2) is 0 Å². The number of Topliss-reactive ketones (excluding diaryl/α,β-unsaturated/α-hetero) is 1. The van der Waals surface area contributed by atoms with E-state index in [4.69, 9.17) is 9.47 Å². The first kappa shape index (κ1) is 18.8. The van der Waals surface area contributed by atoms with Crippen LogP contribution >= 0.6 is 0 Å². The third kappa shape index (κ3) is 3.97. The van der Waals surface area contributed by atoms with Crippen molar-refractivity contribution >= 4 is 5.78 Å². The van der Waals surface area contributed by atoms with Gasteiger partial charge in [-0.2, -0.15) is 0 Å². The summed E-state index contributed by atoms with van der Waals surface area (Å²) in [7, 11) is 3.37. The van der Waals surface area contributed by atoms with Crippen molar-refractivity contribution in [3.05, 3.63) is 70.8 Å². The van der Waals surface area contributed by atoms with Gasteiger partial charge >= 0.3 is 0 Å². The molecule has 4 rings (SSSR count). The van der Waals surface area contributed by atoms with Crippen LogP contribution in [0.1, 0.15) is 34.3 Å². The smallest absolute Gasteiger partial charge is 0.189 e. The maximum absolute atomic E-state index is 12.7. The summed E-state index contributed by atoms with van der Waals surface area (Å²) >= 11 is 0. The Balaban J connectivity index is 1.36. The molecule has 2 aliphatic rings. The first-order valence-electron chi connectivity index (χ1n) is 9.94. The Labute approximate surface area is 166 Å². The largest absolute Gasteiger partial charge is 0.497 e. The molecule has 28 heavy (non-hydrogen) atoms. The number of benzene rings is 2. The number of fused-ring (bicyclic) bond motifs is 1. The highest BCUT2D eigenvalue weighted by atomic mass is 16.5. The number of likely N-dealkylation sites (tertiary alicyclic amines) is 1. The number of ether oxygens (including phenoxy) is 2. The summed E-state index contributed by atoms with van der Waals surface area (Å²) in [5.74, 6) is 2.40. The van der Waals surface area contributed by atoms with Crippen LogP contribution in [0.15, 0.2) is 54.1 Å². The Morgan fingerprint density at radius 3 is 2.54 bits per heavy atom. The third-order valence-corrected chi connectivity index (χ3v) is 5.84. The SMILES string of the molecule is COc1cccc(CN2CCC(/C=C3\Cc4cc(OC)ccc4C3=O)CC2)c1. The number of carbonyl (C=O) groups excluding carboxylic acids is 1. The number of piperidine rings is 1. The molecule has 4 heteroatoms. The Morgan fingerprint density at radius 2 is 1.79 bits per heavy atom. The minimum Gasteiger partial charge on any atom is -0.497 e. The molecule has 0 amide bonds. The molecule has 0 atom stereocenters. The molecule has 0 aromatic heterocycles. The number of hydrogen-bond acceptors (Lipinski definition) is 4. The predicted molar refractivity (Wildman–Crippen MR) is 110 cm³/mol. The molecular formula is C24H27NO3. The van der Waals surface area contributed by atoms with Crippen molar-refractivity contribution in [1.82, 2.24) is 4.90 Å². The van der Waals surface area contributed by atoms with Gasteiger partial charge in [0, 0.05) is 24.1 Å². The van der Waals surface area contributed by atoms with Gasteiger partial charge in [-0.15, -0.1) is 0 Å². The molecule has 0 bridgehead atoms. The summed E-state index contributed by atoms with van der Waals surface area (Å²) in [6, 6.07) is 14.0. The molecule has 0 N–H and O–H groups in total. The van der Waals surface area contributed by atoms with Gasteiger partial charge in [0.05, 0.1) is 14.2 Å². The first-order chi connectivity index (χ1) is 13.7. The van der Waals surface area contributed by atoms with Crippen LogP contribution in [0.3, 0.4) is 0 Å². The third-order valence-electron chi connectivity index (χ3n) is 5.84. The van der Waals surface area contributed by atoms with Crippen molar-refractivity contribution in [2.75, 3.05) is 27.3 Å². The molecule has 1 aliphatic carbocycles. The number of carbonyl (C=O) groups is 1. The van der Waals surface area contributed by atoms with Crippen molar-refractivity contribution in [2.45, 2.75) is 25.8 Å². The number of allylic oxidation sites excluding steroid dienone is 2. The molecule has 0 radical (unpaired) electrons. The van der Waals surface area contributed by atoms with Crippen molar-refractivity contribution in [1.29, 1.82) is 0 Å². The lowest BCUT2D eigenvalue weighted by atomic mass is 9.93. The van der Waals surface area contributed by atoms with E-state index in [0.29, 0.717) is 5.92 Å². The lowest BCUT2D eigenvalue weighted by Gasteiger charge is -2.31. The Bertz CT molecular complexity index is 894. The Kier molecular flexibility index (Phi) is 5.49. The zero-order valence-corrected chi connectivity index (χ0v) is 16.6. The van der Waals surface area contributed by atoms with Crippen LogP contribution in [0.2, 0.25) is 0 Å². The van der Waals surface area contributed by atoms with Crippen LogP contribution in [0.25, 0.3) is 0 Å². The fourth-order valence-electron chi connectivity index (χ4n) is 4.25. The summed E-state index contributed by atoms with van der Waals surface area (Å²) < 4.78 is 10.6. The summed E-state index contributed by atoms with van der Waals surface area (Å²) in [5, 5.41) is 0. The molecule has 146 valence electrons. The summed E-state index contributed by atoms with van der Waals surface area (Å²) in [4.78, 5) is 15.2. The minimum absolute atomic E-state index is 0.191. The quantitative estimate of drug-likeness (QED) is 0.729. The highest BCUT2D eigenvalue weighted by Crippen LogP contribution is 2.32. The van der Waals surface area contributed by atoms with E-state index in [1.807, 2.05) is 30.3 Å². The van der Waals surface area contributed by atoms with E-state index in [1.54, 1.807) is 14.2 Å². The van der Waals surface area contributed by atoms with Crippen molar-refractivity contribution in [3.8, 4) is 11.5 Å². The molecule has 0 unspecified atom stereocenters. The molecule has 1 aliphatic heterocycles. The van der Waals surface area contributed by atoms with E-state index in [9.17, 15) is 4.79 Å². The predicted octanol–water partition coefficient (Wildman–Crippen LogP) is 4.28. The highest BCUT2D eigenvalue weighted by Gasteiger charge is 2.27. The second-order valence-electron chi connectivity index (χ2n) is 7.69. The lowest BCUT2D eigenvalue weighted by Crippen LogP contribution is -2.32. The molecule has 2 aromatic carbocycles. The Hall–Kier alpha value is -2.59. The zero-order valence-electron chi connectivity index (χ0n) is 16.6. The van der Waals surface area contributed by atoms with Gasteiger partial charge in [0.15, 0.2) is 5.78 Å². The topological polar surface area (TPSA) is 38.8 Å². The molecule has 4 nitrogen and oxygen atoms in total. The lowest BCUT2D eigenvalue weighted by molar-refractivity contribution is 0.103. The normalized spacial score (nSPS) is 19.1. The van der Waals surface area contributed by atoms with E-state index in [-0.39, 0.29) is 5.78 Å². The maximum Gasteiger partial charge on any atom is 0.189 e. The van der Waals surface area contributed by atoms with Crippen LogP contribution in [-0.2, 0) is 13.0 Å². The fraction of sp³-hybridized carbons (Fsp3) is 0.375. The van der Waals surface area contributed by atoms with Crippen LogP contribution in [0.5, 0.6) is 11.5 Å². The van der Waals surface area contributed by atoms with E-state index >= 15 is 0 Å². The standard InChI is InChI=1S/C24H27NO3/c1-27-21-5-3-4-18(13-21)16-25-10-8-17(9-11-25)12-20-14-19-15-22(28-2)6-7-23(19)24(20)26/h3-7,12-13,15,17H,8-11,14,16H2,1-2H3/b20-12+. The van der Waals surface area contributed by atoms with E-state index in [1.165, 1.54) is 5.56 Å².